The largest absolute Gasteiger partial charge is 0.460 e. The van der Waals surface area contributed by atoms with Crippen LogP contribution in [0, 0.1) is 6.92 Å². The first-order chi connectivity index (χ1) is 14.0. The zero-order valence-electron chi connectivity index (χ0n) is 15.3. The van der Waals surface area contributed by atoms with Crippen LogP contribution in [0.25, 0.3) is 11.0 Å². The molecule has 0 bridgehead atoms. The smallest absolute Gasteiger partial charge is 0.344 e. The molecule has 0 saturated carbocycles. The standard InChI is InChI=1S/C23H15BrO5/c1-14-6-8-15(9-7-14)28-21-13-27-20-12-16(10-11-18(20)22(21)25)29-23(26)17-4-2-3-5-19(17)24/h2-13H,1H3. The summed E-state index contributed by atoms with van der Waals surface area (Å²) < 4.78 is 17.2. The molecular weight excluding hydrogens is 436 g/mol. The second-order valence-electron chi connectivity index (χ2n) is 6.37. The minimum Gasteiger partial charge on any atom is -0.460 e. The van der Waals surface area contributed by atoms with Gasteiger partial charge in [0.05, 0.1) is 10.9 Å². The van der Waals surface area contributed by atoms with Crippen molar-refractivity contribution in [3.05, 3.63) is 98.8 Å². The summed E-state index contributed by atoms with van der Waals surface area (Å²) >= 11 is 3.32. The SMILES string of the molecule is Cc1ccc(Oc2coc3cc(OC(=O)c4ccccc4Br)ccc3c2=O)cc1. The fourth-order valence-corrected chi connectivity index (χ4v) is 3.19. The highest BCUT2D eigenvalue weighted by Gasteiger charge is 2.14. The second kappa shape index (κ2) is 7.93. The van der Waals surface area contributed by atoms with E-state index >= 15 is 0 Å². The molecule has 0 aliphatic rings. The molecule has 5 nitrogen and oxygen atoms in total. The molecule has 4 rings (SSSR count). The molecule has 0 N–H and O–H groups in total. The lowest BCUT2D eigenvalue weighted by Gasteiger charge is -2.08. The number of carbonyl (C=O) groups is 1. The van der Waals surface area contributed by atoms with Crippen molar-refractivity contribution < 1.29 is 18.7 Å². The zero-order chi connectivity index (χ0) is 20.4. The van der Waals surface area contributed by atoms with Crippen molar-refractivity contribution in [2.24, 2.45) is 0 Å². The van der Waals surface area contributed by atoms with Crippen molar-refractivity contribution in [3.63, 3.8) is 0 Å². The van der Waals surface area contributed by atoms with Gasteiger partial charge in [0.25, 0.3) is 0 Å². The lowest BCUT2D eigenvalue weighted by molar-refractivity contribution is 0.0734. The van der Waals surface area contributed by atoms with Crippen LogP contribution in [-0.2, 0) is 0 Å². The van der Waals surface area contributed by atoms with Gasteiger partial charge in [0, 0.05) is 10.5 Å². The van der Waals surface area contributed by atoms with Crippen LogP contribution in [0.15, 0.2) is 86.7 Å². The summed E-state index contributed by atoms with van der Waals surface area (Å²) in [6.45, 7) is 1.97. The Balaban J connectivity index is 1.60. The van der Waals surface area contributed by atoms with Crippen LogP contribution in [0.4, 0.5) is 0 Å². The Bertz CT molecular complexity index is 1260. The molecule has 0 aliphatic heterocycles. The number of hydrogen-bond acceptors (Lipinski definition) is 5. The number of benzene rings is 3. The highest BCUT2D eigenvalue weighted by atomic mass is 79.9. The van der Waals surface area contributed by atoms with Gasteiger partial charge >= 0.3 is 5.97 Å². The van der Waals surface area contributed by atoms with Gasteiger partial charge in [-0.05, 0) is 59.3 Å². The predicted molar refractivity (Wildman–Crippen MR) is 113 cm³/mol. The van der Waals surface area contributed by atoms with Gasteiger partial charge in [-0.25, -0.2) is 4.79 Å². The van der Waals surface area contributed by atoms with Gasteiger partial charge in [-0.1, -0.05) is 29.8 Å². The summed E-state index contributed by atoms with van der Waals surface area (Å²) in [5, 5.41) is 0.329. The van der Waals surface area contributed by atoms with Crippen LogP contribution in [0.2, 0.25) is 0 Å². The van der Waals surface area contributed by atoms with Crippen molar-refractivity contribution in [1.29, 1.82) is 0 Å². The third-order valence-corrected chi connectivity index (χ3v) is 4.96. The van der Waals surface area contributed by atoms with E-state index in [0.717, 1.165) is 5.56 Å². The first-order valence-electron chi connectivity index (χ1n) is 8.78. The van der Waals surface area contributed by atoms with Crippen LogP contribution in [0.1, 0.15) is 15.9 Å². The van der Waals surface area contributed by atoms with Crippen molar-refractivity contribution in [2.45, 2.75) is 6.92 Å². The molecule has 1 aromatic heterocycles. The molecule has 0 radical (unpaired) electrons. The summed E-state index contributed by atoms with van der Waals surface area (Å²) in [7, 11) is 0. The topological polar surface area (TPSA) is 65.7 Å². The molecule has 1 heterocycles. The van der Waals surface area contributed by atoms with Crippen LogP contribution in [0.5, 0.6) is 17.2 Å². The maximum absolute atomic E-state index is 12.7. The molecule has 0 atom stereocenters. The monoisotopic (exact) mass is 450 g/mol. The van der Waals surface area contributed by atoms with Gasteiger partial charge in [-0.15, -0.1) is 0 Å². The van der Waals surface area contributed by atoms with Gasteiger partial charge in [-0.2, -0.15) is 0 Å². The van der Waals surface area contributed by atoms with Crippen LogP contribution in [0.3, 0.4) is 0 Å². The lowest BCUT2D eigenvalue weighted by atomic mass is 10.2. The Morgan fingerprint density at radius 1 is 0.966 bits per heavy atom. The maximum Gasteiger partial charge on any atom is 0.344 e. The predicted octanol–water partition coefficient (Wildman–Crippen LogP) is 5.88. The van der Waals surface area contributed by atoms with Gasteiger partial charge in [0.1, 0.15) is 23.3 Å². The number of esters is 1. The van der Waals surface area contributed by atoms with E-state index in [-0.39, 0.29) is 16.9 Å². The number of rotatable bonds is 4. The fraction of sp³-hybridized carbons (Fsp3) is 0.0435. The number of aryl methyl sites for hydroxylation is 1. The fourth-order valence-electron chi connectivity index (χ4n) is 2.75. The Morgan fingerprint density at radius 3 is 2.45 bits per heavy atom. The van der Waals surface area contributed by atoms with Gasteiger partial charge in [0.2, 0.25) is 11.2 Å². The molecule has 0 spiro atoms. The molecule has 0 unspecified atom stereocenters. The lowest BCUT2D eigenvalue weighted by Crippen LogP contribution is -2.09. The van der Waals surface area contributed by atoms with Crippen molar-refractivity contribution in [3.8, 4) is 17.2 Å². The van der Waals surface area contributed by atoms with E-state index in [9.17, 15) is 9.59 Å². The van der Waals surface area contributed by atoms with Crippen molar-refractivity contribution in [1.82, 2.24) is 0 Å². The average molecular weight is 451 g/mol. The minimum atomic E-state index is -0.515. The molecule has 0 fully saturated rings. The highest BCUT2D eigenvalue weighted by molar-refractivity contribution is 9.10. The Morgan fingerprint density at radius 2 is 1.69 bits per heavy atom. The van der Waals surface area contributed by atoms with Crippen LogP contribution >= 0.6 is 15.9 Å². The van der Waals surface area contributed by atoms with E-state index in [4.69, 9.17) is 13.9 Å². The van der Waals surface area contributed by atoms with Crippen LogP contribution in [-0.4, -0.2) is 5.97 Å². The number of ether oxygens (including phenoxy) is 2. The maximum atomic E-state index is 12.7. The van der Waals surface area contributed by atoms with Crippen molar-refractivity contribution >= 4 is 32.9 Å². The van der Waals surface area contributed by atoms with E-state index < -0.39 is 5.97 Å². The van der Waals surface area contributed by atoms with Gasteiger partial charge < -0.3 is 13.9 Å². The first-order valence-corrected chi connectivity index (χ1v) is 9.57. The summed E-state index contributed by atoms with van der Waals surface area (Å²) in [6, 6.07) is 18.9. The summed E-state index contributed by atoms with van der Waals surface area (Å²) in [5.41, 5.74) is 1.47. The zero-order valence-corrected chi connectivity index (χ0v) is 16.9. The average Bonchev–Trinajstić information content (AvgIpc) is 2.72. The first kappa shape index (κ1) is 19.0. The molecule has 0 saturated heterocycles. The van der Waals surface area contributed by atoms with Crippen molar-refractivity contribution in [2.75, 3.05) is 0 Å². The van der Waals surface area contributed by atoms with Gasteiger partial charge in [0.15, 0.2) is 0 Å². The summed E-state index contributed by atoms with van der Waals surface area (Å²) in [6.07, 6.45) is 1.25. The molecular formula is C23H15BrO5. The number of halogens is 1. The summed E-state index contributed by atoms with van der Waals surface area (Å²) in [5.74, 6) is 0.382. The molecule has 0 amide bonds. The van der Waals surface area contributed by atoms with E-state index in [1.165, 1.54) is 12.3 Å². The number of carbonyl (C=O) groups excluding carboxylic acids is 1. The van der Waals surface area contributed by atoms with E-state index in [0.29, 0.717) is 26.8 Å². The van der Waals surface area contributed by atoms with E-state index in [2.05, 4.69) is 15.9 Å². The number of fused-ring (bicyclic) bond motifs is 1. The molecule has 4 aromatic rings. The number of hydrogen-bond donors (Lipinski definition) is 0. The summed E-state index contributed by atoms with van der Waals surface area (Å²) in [4.78, 5) is 25.1. The van der Waals surface area contributed by atoms with Crippen LogP contribution < -0.4 is 14.9 Å². The Labute approximate surface area is 174 Å². The molecule has 3 aromatic carbocycles. The highest BCUT2D eigenvalue weighted by Crippen LogP contribution is 2.25. The Kier molecular flexibility index (Phi) is 5.18. The molecule has 6 heteroatoms. The third kappa shape index (κ3) is 4.07. The molecule has 29 heavy (non-hydrogen) atoms. The molecule has 0 aliphatic carbocycles. The van der Waals surface area contributed by atoms with Gasteiger partial charge in [-0.3, -0.25) is 4.79 Å². The molecule has 144 valence electrons. The van der Waals surface area contributed by atoms with E-state index in [1.807, 2.05) is 25.1 Å². The minimum absolute atomic E-state index is 0.0827. The third-order valence-electron chi connectivity index (χ3n) is 4.27. The Hall–Kier alpha value is -3.38. The normalized spacial score (nSPS) is 10.7. The van der Waals surface area contributed by atoms with E-state index in [1.54, 1.807) is 42.5 Å². The quantitative estimate of drug-likeness (QED) is 0.287. The second-order valence-corrected chi connectivity index (χ2v) is 7.23.